The van der Waals surface area contributed by atoms with Crippen molar-refractivity contribution >= 4 is 45.6 Å². The Bertz CT molecular complexity index is 1520. The van der Waals surface area contributed by atoms with Crippen LogP contribution < -0.4 is 10.7 Å². The number of hydrogen-bond donors (Lipinski definition) is 1. The quantitative estimate of drug-likeness (QED) is 0.299. The highest BCUT2D eigenvalue weighted by Crippen LogP contribution is 2.34. The number of rotatable bonds is 4. The number of nitrogens with zero attached hydrogens (tertiary/aromatic N) is 4. The molecule has 0 saturated heterocycles. The van der Waals surface area contributed by atoms with Crippen LogP contribution in [0.15, 0.2) is 84.1 Å². The number of fused-ring (bicyclic) bond motifs is 2. The van der Waals surface area contributed by atoms with E-state index < -0.39 is 0 Å². The molecule has 1 N–H and O–H groups in total. The van der Waals surface area contributed by atoms with Crippen molar-refractivity contribution in [2.45, 2.75) is 18.9 Å². The van der Waals surface area contributed by atoms with Gasteiger partial charge in [0.2, 0.25) is 0 Å². The fourth-order valence-corrected chi connectivity index (χ4v) is 4.46. The van der Waals surface area contributed by atoms with Gasteiger partial charge in [-0.1, -0.05) is 35.3 Å². The molecule has 1 saturated carbocycles. The largest absolute Gasteiger partial charge is 0.352 e. The molecule has 1 fully saturated rings. The van der Waals surface area contributed by atoms with Gasteiger partial charge in [-0.05, 0) is 67.4 Å². The molecule has 33 heavy (non-hydrogen) atoms. The van der Waals surface area contributed by atoms with Crippen molar-refractivity contribution in [3.05, 3.63) is 94.5 Å². The first kappa shape index (κ1) is 20.2. The van der Waals surface area contributed by atoms with E-state index in [0.717, 1.165) is 57.7 Å². The van der Waals surface area contributed by atoms with Crippen molar-refractivity contribution in [2.24, 2.45) is 4.99 Å². The SMILES string of the molecule is Clc1ccc(-n2c3c/c(=N\C4CC4)c(Nc4cccnc4)cc-3nc3ccccc32)c(Cl)c1. The molecule has 0 radical (unpaired) electrons. The zero-order valence-electron chi connectivity index (χ0n) is 17.5. The van der Waals surface area contributed by atoms with E-state index in [2.05, 4.69) is 27.0 Å². The summed E-state index contributed by atoms with van der Waals surface area (Å²) in [5.41, 5.74) is 6.23. The molecule has 1 aromatic heterocycles. The summed E-state index contributed by atoms with van der Waals surface area (Å²) in [6, 6.07) is 22.0. The van der Waals surface area contributed by atoms with E-state index in [1.807, 2.05) is 48.5 Å². The number of aromatic nitrogens is 3. The summed E-state index contributed by atoms with van der Waals surface area (Å²) in [7, 11) is 0. The number of benzene rings is 3. The van der Waals surface area contributed by atoms with Gasteiger partial charge in [0, 0.05) is 11.2 Å². The second-order valence-corrected chi connectivity index (χ2v) is 8.96. The Morgan fingerprint density at radius 1 is 0.970 bits per heavy atom. The minimum Gasteiger partial charge on any atom is -0.352 e. The lowest BCUT2D eigenvalue weighted by Gasteiger charge is -2.21. The van der Waals surface area contributed by atoms with Gasteiger partial charge in [0.1, 0.15) is 0 Å². The summed E-state index contributed by atoms with van der Waals surface area (Å²) in [6.07, 6.45) is 5.78. The van der Waals surface area contributed by atoms with E-state index in [1.165, 1.54) is 0 Å². The Morgan fingerprint density at radius 2 is 1.85 bits per heavy atom. The minimum absolute atomic E-state index is 0.359. The zero-order chi connectivity index (χ0) is 22.4. The second kappa shape index (κ2) is 8.18. The first-order chi connectivity index (χ1) is 16.2. The van der Waals surface area contributed by atoms with Gasteiger partial charge in [-0.2, -0.15) is 0 Å². The van der Waals surface area contributed by atoms with Crippen LogP contribution in [0, 0.1) is 0 Å². The van der Waals surface area contributed by atoms with E-state index in [1.54, 1.807) is 18.5 Å². The molecule has 162 valence electrons. The Kier molecular flexibility index (Phi) is 5.01. The van der Waals surface area contributed by atoms with E-state index >= 15 is 0 Å². The molecule has 0 atom stereocenters. The first-order valence-corrected chi connectivity index (χ1v) is 11.5. The van der Waals surface area contributed by atoms with Crippen molar-refractivity contribution in [3.8, 4) is 17.1 Å². The van der Waals surface area contributed by atoms with Crippen LogP contribution >= 0.6 is 23.2 Å². The highest BCUT2D eigenvalue weighted by molar-refractivity contribution is 6.35. The number of anilines is 2. The third kappa shape index (κ3) is 3.94. The number of halogens is 2. The summed E-state index contributed by atoms with van der Waals surface area (Å²) < 4.78 is 2.14. The van der Waals surface area contributed by atoms with Crippen molar-refractivity contribution in [2.75, 3.05) is 5.32 Å². The van der Waals surface area contributed by atoms with Gasteiger partial charge in [-0.15, -0.1) is 0 Å². The standard InChI is InChI=1S/C26H19Cl2N5/c27-16-7-10-24(19(28)12-16)33-25-6-2-1-5-20(25)32-23-13-21(31-18-4-3-11-29-15-18)22(14-26(23)33)30-17-8-9-17/h1-7,10-15,17,31H,8-9H2/b30-22+. The number of nitrogens with one attached hydrogen (secondary N) is 1. The van der Waals surface area contributed by atoms with Crippen LogP contribution in [-0.2, 0) is 0 Å². The zero-order valence-corrected chi connectivity index (χ0v) is 19.1. The molecule has 2 heterocycles. The fraction of sp³-hybridized carbons (Fsp3) is 0.115. The molecule has 0 bridgehead atoms. The van der Waals surface area contributed by atoms with Gasteiger partial charge in [0.25, 0.3) is 0 Å². The molecule has 5 nitrogen and oxygen atoms in total. The van der Waals surface area contributed by atoms with E-state index in [-0.39, 0.29) is 0 Å². The minimum atomic E-state index is 0.359. The maximum atomic E-state index is 6.67. The van der Waals surface area contributed by atoms with Crippen molar-refractivity contribution < 1.29 is 0 Å². The van der Waals surface area contributed by atoms with Gasteiger partial charge in [-0.3, -0.25) is 9.98 Å². The van der Waals surface area contributed by atoms with Gasteiger partial charge in [-0.25, -0.2) is 4.98 Å². The molecule has 0 unspecified atom stereocenters. The van der Waals surface area contributed by atoms with Crippen LogP contribution in [0.5, 0.6) is 0 Å². The molecule has 3 aliphatic rings. The molecule has 3 aromatic rings. The molecule has 7 heteroatoms. The normalized spacial score (nSPS) is 14.2. The Hall–Kier alpha value is -3.41. The average Bonchev–Trinajstić information content (AvgIpc) is 3.63. The van der Waals surface area contributed by atoms with Crippen LogP contribution in [-0.4, -0.2) is 20.6 Å². The summed E-state index contributed by atoms with van der Waals surface area (Å²) in [6.45, 7) is 0. The topological polar surface area (TPSA) is 55.1 Å². The Morgan fingerprint density at radius 3 is 2.64 bits per heavy atom. The van der Waals surface area contributed by atoms with Crippen LogP contribution in [0.2, 0.25) is 10.0 Å². The fourth-order valence-electron chi connectivity index (χ4n) is 3.96. The summed E-state index contributed by atoms with van der Waals surface area (Å²) in [5.74, 6) is 0. The Labute approximate surface area is 200 Å². The van der Waals surface area contributed by atoms with Crippen LogP contribution in [0.25, 0.3) is 28.1 Å². The number of hydrogen-bond acceptors (Lipinski definition) is 4. The number of pyridine rings is 1. The summed E-state index contributed by atoms with van der Waals surface area (Å²) >= 11 is 12.9. The Balaban J connectivity index is 1.66. The first-order valence-electron chi connectivity index (χ1n) is 10.8. The lowest BCUT2D eigenvalue weighted by atomic mass is 10.1. The van der Waals surface area contributed by atoms with Gasteiger partial charge >= 0.3 is 0 Å². The molecule has 6 rings (SSSR count). The smallest absolute Gasteiger partial charge is 0.0900 e. The number of para-hydroxylation sites is 2. The molecule has 2 aromatic carbocycles. The van der Waals surface area contributed by atoms with Gasteiger partial charge < -0.3 is 9.88 Å². The highest BCUT2D eigenvalue weighted by Gasteiger charge is 2.22. The molecular formula is C26H19Cl2N5. The van der Waals surface area contributed by atoms with Crippen molar-refractivity contribution in [3.63, 3.8) is 0 Å². The van der Waals surface area contributed by atoms with E-state index in [0.29, 0.717) is 16.1 Å². The van der Waals surface area contributed by atoms with Crippen LogP contribution in [0.4, 0.5) is 11.4 Å². The van der Waals surface area contributed by atoms with Crippen LogP contribution in [0.3, 0.4) is 0 Å². The lowest BCUT2D eigenvalue weighted by Crippen LogP contribution is -2.15. The van der Waals surface area contributed by atoms with Crippen molar-refractivity contribution in [1.29, 1.82) is 0 Å². The molecule has 0 amide bonds. The highest BCUT2D eigenvalue weighted by atomic mass is 35.5. The van der Waals surface area contributed by atoms with Crippen molar-refractivity contribution in [1.82, 2.24) is 14.5 Å². The maximum Gasteiger partial charge on any atom is 0.0900 e. The summed E-state index contributed by atoms with van der Waals surface area (Å²) in [5, 5.41) is 5.54. The average molecular weight is 472 g/mol. The molecule has 1 aliphatic heterocycles. The van der Waals surface area contributed by atoms with Gasteiger partial charge in [0.15, 0.2) is 0 Å². The van der Waals surface area contributed by atoms with E-state index in [9.17, 15) is 0 Å². The maximum absolute atomic E-state index is 6.67. The van der Waals surface area contributed by atoms with Crippen LogP contribution in [0.1, 0.15) is 12.8 Å². The predicted molar refractivity (Wildman–Crippen MR) is 134 cm³/mol. The second-order valence-electron chi connectivity index (χ2n) is 8.12. The predicted octanol–water partition coefficient (Wildman–Crippen LogP) is 6.64. The third-order valence-electron chi connectivity index (χ3n) is 5.66. The molecule has 2 aliphatic carbocycles. The lowest BCUT2D eigenvalue weighted by molar-refractivity contribution is 0.997. The monoisotopic (exact) mass is 471 g/mol. The third-order valence-corrected chi connectivity index (χ3v) is 6.19. The molecular weight excluding hydrogens is 453 g/mol. The van der Waals surface area contributed by atoms with Gasteiger partial charge in [0.05, 0.1) is 62.1 Å². The summed E-state index contributed by atoms with van der Waals surface area (Å²) in [4.78, 5) is 14.2. The molecule has 0 spiro atoms. The van der Waals surface area contributed by atoms with E-state index in [4.69, 9.17) is 33.2 Å².